The molecule has 0 unspecified atom stereocenters. The van der Waals surface area contributed by atoms with Gasteiger partial charge in [0.05, 0.1) is 6.54 Å². The molecule has 0 bridgehead atoms. The average Bonchev–Trinajstić information content (AvgIpc) is 2.85. The summed E-state index contributed by atoms with van der Waals surface area (Å²) in [6.07, 6.45) is 0.528. The molecule has 3 rings (SSSR count). The molecule has 0 spiro atoms. The van der Waals surface area contributed by atoms with Gasteiger partial charge in [-0.15, -0.1) is 0 Å². The fourth-order valence-electron chi connectivity index (χ4n) is 3.81. The van der Waals surface area contributed by atoms with Crippen molar-refractivity contribution in [3.8, 4) is 0 Å². The second kappa shape index (κ2) is 11.3. The van der Waals surface area contributed by atoms with Gasteiger partial charge in [0.15, 0.2) is 5.69 Å². The van der Waals surface area contributed by atoms with Crippen LogP contribution in [0.4, 0.5) is 11.5 Å². The summed E-state index contributed by atoms with van der Waals surface area (Å²) in [5, 5.41) is 2.79. The number of carbonyl (C=O) groups excluding carboxylic acids is 2. The van der Waals surface area contributed by atoms with Crippen LogP contribution in [-0.4, -0.2) is 34.0 Å². The molecule has 4 N–H and O–H groups in total. The van der Waals surface area contributed by atoms with E-state index in [2.05, 4.69) is 10.3 Å². The molecule has 0 radical (unpaired) electrons. The highest BCUT2D eigenvalue weighted by Gasteiger charge is 2.32. The van der Waals surface area contributed by atoms with Gasteiger partial charge in [-0.2, -0.15) is 0 Å². The normalized spacial score (nSPS) is 11.8. The Morgan fingerprint density at radius 1 is 1.03 bits per heavy atom. The molecule has 0 aliphatic heterocycles. The fourth-order valence-corrected chi connectivity index (χ4v) is 3.81. The number of hydrogen-bond donors (Lipinski definition) is 3. The third-order valence-electron chi connectivity index (χ3n) is 5.64. The molecule has 0 saturated carbocycles. The molecule has 1 heterocycles. The van der Waals surface area contributed by atoms with E-state index in [4.69, 9.17) is 5.73 Å². The minimum atomic E-state index is -0.914. The van der Waals surface area contributed by atoms with Crippen LogP contribution in [0.1, 0.15) is 43.1 Å². The Balaban J connectivity index is 2.01. The molecule has 9 nitrogen and oxygen atoms in total. The molecule has 0 aliphatic rings. The lowest BCUT2D eigenvalue weighted by Crippen LogP contribution is -2.53. The van der Waals surface area contributed by atoms with Gasteiger partial charge in [-0.25, -0.2) is 4.79 Å². The maximum absolute atomic E-state index is 13.7. The van der Waals surface area contributed by atoms with Gasteiger partial charge in [-0.1, -0.05) is 69.3 Å². The maximum atomic E-state index is 13.7. The van der Waals surface area contributed by atoms with Gasteiger partial charge < -0.3 is 16.0 Å². The molecule has 0 saturated heterocycles. The zero-order valence-electron chi connectivity index (χ0n) is 20.2. The minimum absolute atomic E-state index is 0.105. The number of rotatable bonds is 9. The lowest BCUT2D eigenvalue weighted by atomic mass is 10.0. The molecule has 2 amide bonds. The van der Waals surface area contributed by atoms with Crippen LogP contribution in [0.15, 0.2) is 70.3 Å². The van der Waals surface area contributed by atoms with Gasteiger partial charge in [-0.05, 0) is 30.0 Å². The lowest BCUT2D eigenvalue weighted by molar-refractivity contribution is -0.121. The van der Waals surface area contributed by atoms with Gasteiger partial charge in [0.25, 0.3) is 11.5 Å². The molecule has 0 aliphatic carbocycles. The van der Waals surface area contributed by atoms with Crippen LogP contribution in [0.3, 0.4) is 0 Å². The van der Waals surface area contributed by atoms with Crippen LogP contribution in [0, 0.1) is 5.92 Å². The third-order valence-corrected chi connectivity index (χ3v) is 5.64. The number of nitrogens with two attached hydrogens (primary N) is 1. The van der Waals surface area contributed by atoms with Gasteiger partial charge >= 0.3 is 5.69 Å². The van der Waals surface area contributed by atoms with E-state index < -0.39 is 29.1 Å². The van der Waals surface area contributed by atoms with E-state index >= 15 is 0 Å². The van der Waals surface area contributed by atoms with Crippen molar-refractivity contribution < 1.29 is 9.59 Å². The number of H-pyrrole nitrogens is 1. The van der Waals surface area contributed by atoms with Crippen molar-refractivity contribution in [2.45, 2.75) is 39.8 Å². The Kier molecular flexibility index (Phi) is 8.25. The van der Waals surface area contributed by atoms with Crippen LogP contribution in [-0.2, 0) is 11.3 Å². The van der Waals surface area contributed by atoms with Gasteiger partial charge in [0.1, 0.15) is 11.9 Å². The van der Waals surface area contributed by atoms with Crippen molar-refractivity contribution in [1.82, 2.24) is 14.9 Å². The van der Waals surface area contributed by atoms with Gasteiger partial charge in [-0.3, -0.25) is 23.9 Å². The monoisotopic (exact) mass is 477 g/mol. The third kappa shape index (κ3) is 5.87. The van der Waals surface area contributed by atoms with E-state index in [9.17, 15) is 19.2 Å². The second-order valence-electron chi connectivity index (χ2n) is 8.62. The number of carbonyl (C=O) groups is 2. The van der Waals surface area contributed by atoms with Crippen molar-refractivity contribution in [3.63, 3.8) is 0 Å². The highest BCUT2D eigenvalue weighted by molar-refractivity contribution is 6.03. The summed E-state index contributed by atoms with van der Waals surface area (Å²) in [6, 6.07) is 16.8. The largest absolute Gasteiger partial charge is 0.383 e. The van der Waals surface area contributed by atoms with Crippen molar-refractivity contribution in [2.24, 2.45) is 5.92 Å². The summed E-state index contributed by atoms with van der Waals surface area (Å²) in [4.78, 5) is 55.5. The number of amides is 2. The Hall–Kier alpha value is -4.14. The smallest absolute Gasteiger partial charge is 0.330 e. The molecule has 1 aromatic heterocycles. The summed E-state index contributed by atoms with van der Waals surface area (Å²) in [6.45, 7) is 5.78. The van der Waals surface area contributed by atoms with Crippen molar-refractivity contribution in [2.75, 3.05) is 17.2 Å². The summed E-state index contributed by atoms with van der Waals surface area (Å²) in [7, 11) is 0. The van der Waals surface area contributed by atoms with E-state index in [-0.39, 0.29) is 30.5 Å². The molecule has 1 atom stereocenters. The zero-order valence-corrected chi connectivity index (χ0v) is 20.2. The first kappa shape index (κ1) is 25.5. The molecular weight excluding hydrogens is 446 g/mol. The number of benzene rings is 2. The first-order chi connectivity index (χ1) is 16.7. The SMILES string of the molecule is CCCN(C(=O)[C@H](NC(=O)c1ccccc1)C(C)C)c1c(N)n(Cc2ccccc2)c(=O)[nH]c1=O. The number of nitrogens with one attached hydrogen (secondary N) is 2. The fraction of sp³-hybridized carbons (Fsp3) is 0.308. The highest BCUT2D eigenvalue weighted by Crippen LogP contribution is 2.21. The van der Waals surface area contributed by atoms with Crippen LogP contribution in [0.25, 0.3) is 0 Å². The standard InChI is InChI=1S/C26H31N5O4/c1-4-15-30(25(34)20(17(2)3)28-23(32)19-13-9-6-10-14-19)21-22(27)31(26(35)29-24(21)33)16-18-11-7-5-8-12-18/h5-14,17,20H,4,15-16,27H2,1-3H3,(H,28,32)(H,29,33,35)/t20-/m1/s1. The van der Waals surface area contributed by atoms with E-state index in [0.29, 0.717) is 12.0 Å². The van der Waals surface area contributed by atoms with Crippen molar-refractivity contribution in [3.05, 3.63) is 92.6 Å². The number of anilines is 2. The molecular formula is C26H31N5O4. The minimum Gasteiger partial charge on any atom is -0.383 e. The molecule has 184 valence electrons. The Labute approximate surface area is 203 Å². The predicted octanol–water partition coefficient (Wildman–Crippen LogP) is 2.36. The van der Waals surface area contributed by atoms with Gasteiger partial charge in [0, 0.05) is 12.1 Å². The van der Waals surface area contributed by atoms with Crippen molar-refractivity contribution >= 4 is 23.3 Å². The Morgan fingerprint density at radius 2 is 1.63 bits per heavy atom. The predicted molar refractivity (Wildman–Crippen MR) is 136 cm³/mol. The summed E-state index contributed by atoms with van der Waals surface area (Å²) >= 11 is 0. The van der Waals surface area contributed by atoms with Crippen LogP contribution >= 0.6 is 0 Å². The molecule has 2 aromatic carbocycles. The molecule has 9 heteroatoms. The van der Waals surface area contributed by atoms with Crippen LogP contribution in [0.2, 0.25) is 0 Å². The number of aromatic amines is 1. The summed E-state index contributed by atoms with van der Waals surface area (Å²) in [5.74, 6) is -1.26. The summed E-state index contributed by atoms with van der Waals surface area (Å²) < 4.78 is 1.23. The first-order valence-electron chi connectivity index (χ1n) is 11.6. The molecule has 3 aromatic rings. The van der Waals surface area contributed by atoms with Gasteiger partial charge in [0.2, 0.25) is 5.91 Å². The molecule has 0 fully saturated rings. The average molecular weight is 478 g/mol. The quantitative estimate of drug-likeness (QED) is 0.436. The number of nitrogens with zero attached hydrogens (tertiary/aromatic N) is 2. The van der Waals surface area contributed by atoms with Crippen LogP contribution in [0.5, 0.6) is 0 Å². The van der Waals surface area contributed by atoms with Crippen LogP contribution < -0.4 is 27.2 Å². The lowest BCUT2D eigenvalue weighted by Gasteiger charge is -2.30. The Bertz CT molecular complexity index is 1280. The maximum Gasteiger partial charge on any atom is 0.330 e. The molecule has 35 heavy (non-hydrogen) atoms. The number of hydrogen-bond acceptors (Lipinski definition) is 5. The van der Waals surface area contributed by atoms with E-state index in [1.54, 1.807) is 30.3 Å². The van der Waals surface area contributed by atoms with Crippen molar-refractivity contribution in [1.29, 1.82) is 0 Å². The van der Waals surface area contributed by atoms with E-state index in [1.165, 1.54) is 9.47 Å². The first-order valence-corrected chi connectivity index (χ1v) is 11.6. The Morgan fingerprint density at radius 3 is 2.20 bits per heavy atom. The highest BCUT2D eigenvalue weighted by atomic mass is 16.2. The number of aromatic nitrogens is 2. The zero-order chi connectivity index (χ0) is 25.5. The topological polar surface area (TPSA) is 130 Å². The summed E-state index contributed by atoms with van der Waals surface area (Å²) in [5.41, 5.74) is 6.03. The van der Waals surface area contributed by atoms with E-state index in [0.717, 1.165) is 5.56 Å². The van der Waals surface area contributed by atoms with E-state index in [1.807, 2.05) is 51.1 Å². The second-order valence-corrected chi connectivity index (χ2v) is 8.62. The number of nitrogen functional groups attached to an aromatic ring is 1.